The van der Waals surface area contributed by atoms with Crippen LogP contribution in [-0.2, 0) is 0 Å². The fourth-order valence-electron chi connectivity index (χ4n) is 1.52. The van der Waals surface area contributed by atoms with Crippen LogP contribution >= 0.6 is 0 Å². The highest BCUT2D eigenvalue weighted by Gasteiger charge is 1.87. The Kier molecular flexibility index (Phi) is 13.7. The Bertz CT molecular complexity index is 246. The van der Waals surface area contributed by atoms with Crippen molar-refractivity contribution in [1.82, 2.24) is 0 Å². The summed E-state index contributed by atoms with van der Waals surface area (Å²) in [5.74, 6) is 0. The van der Waals surface area contributed by atoms with Crippen LogP contribution in [0.25, 0.3) is 0 Å². The van der Waals surface area contributed by atoms with E-state index in [4.69, 9.17) is 5.11 Å². The highest BCUT2D eigenvalue weighted by atomic mass is 16.2. The number of unbranched alkanes of at least 4 members (excludes halogenated alkanes) is 6. The largest absolute Gasteiger partial charge is 0.516 e. The van der Waals surface area contributed by atoms with Gasteiger partial charge < -0.3 is 5.11 Å². The number of aliphatic hydroxyl groups is 1. The predicted molar refractivity (Wildman–Crippen MR) is 77.2 cm³/mol. The maximum atomic E-state index is 8.37. The summed E-state index contributed by atoms with van der Waals surface area (Å²) in [6, 6.07) is 0. The Morgan fingerprint density at radius 1 is 0.706 bits per heavy atom. The van der Waals surface area contributed by atoms with E-state index in [1.165, 1.54) is 44.9 Å². The number of aliphatic hydroxyl groups excluding tert-OH is 1. The summed E-state index contributed by atoms with van der Waals surface area (Å²) in [4.78, 5) is 0. The molecular formula is C16H26O. The van der Waals surface area contributed by atoms with Crippen LogP contribution in [0, 0.1) is 0 Å². The van der Waals surface area contributed by atoms with Gasteiger partial charge in [-0.1, -0.05) is 75.5 Å². The number of allylic oxidation sites excluding steroid dienone is 7. The molecule has 0 aliphatic rings. The molecular weight excluding hydrogens is 208 g/mol. The van der Waals surface area contributed by atoms with Crippen LogP contribution < -0.4 is 0 Å². The lowest BCUT2D eigenvalue weighted by Gasteiger charge is -1.97. The van der Waals surface area contributed by atoms with Crippen LogP contribution in [0.1, 0.15) is 51.9 Å². The van der Waals surface area contributed by atoms with Gasteiger partial charge in [0.25, 0.3) is 0 Å². The van der Waals surface area contributed by atoms with Gasteiger partial charge in [-0.05, 0) is 18.9 Å². The second-order valence-corrected chi connectivity index (χ2v) is 4.10. The minimum absolute atomic E-state index is 1.03. The van der Waals surface area contributed by atoms with Crippen LogP contribution in [0.4, 0.5) is 0 Å². The van der Waals surface area contributed by atoms with Gasteiger partial charge in [0.15, 0.2) is 0 Å². The first-order valence-corrected chi connectivity index (χ1v) is 6.71. The van der Waals surface area contributed by atoms with Crippen molar-refractivity contribution in [2.75, 3.05) is 0 Å². The average molecular weight is 234 g/mol. The first-order chi connectivity index (χ1) is 8.41. The summed E-state index contributed by atoms with van der Waals surface area (Å²) >= 11 is 0. The fraction of sp³-hybridized carbons (Fsp3) is 0.500. The molecule has 0 aliphatic heterocycles. The summed E-state index contributed by atoms with van der Waals surface area (Å²) in [5, 5.41) is 8.37. The van der Waals surface area contributed by atoms with Crippen LogP contribution in [-0.4, -0.2) is 5.11 Å². The van der Waals surface area contributed by atoms with E-state index in [-0.39, 0.29) is 0 Å². The monoisotopic (exact) mass is 234 g/mol. The van der Waals surface area contributed by atoms with Crippen molar-refractivity contribution in [1.29, 1.82) is 0 Å². The summed E-state index contributed by atoms with van der Waals surface area (Å²) in [6.45, 7) is 2.25. The van der Waals surface area contributed by atoms with Gasteiger partial charge in [0, 0.05) is 0 Å². The molecule has 0 aliphatic carbocycles. The SMILES string of the molecule is CCCCCCCCC=CC=CC=CC=CO. The second kappa shape index (κ2) is 14.8. The summed E-state index contributed by atoms with van der Waals surface area (Å²) in [5.41, 5.74) is 0. The first-order valence-electron chi connectivity index (χ1n) is 6.71. The highest BCUT2D eigenvalue weighted by molar-refractivity contribution is 5.14. The molecule has 0 bridgehead atoms. The third kappa shape index (κ3) is 14.8. The second-order valence-electron chi connectivity index (χ2n) is 4.10. The molecule has 1 nitrogen and oxygen atoms in total. The van der Waals surface area contributed by atoms with Gasteiger partial charge in [0.2, 0.25) is 0 Å². The van der Waals surface area contributed by atoms with Crippen molar-refractivity contribution in [3.05, 3.63) is 48.8 Å². The molecule has 0 saturated heterocycles. The number of hydrogen-bond donors (Lipinski definition) is 1. The van der Waals surface area contributed by atoms with E-state index >= 15 is 0 Å². The van der Waals surface area contributed by atoms with Gasteiger partial charge in [-0.15, -0.1) is 0 Å². The third-order valence-electron chi connectivity index (χ3n) is 2.50. The van der Waals surface area contributed by atoms with Gasteiger partial charge in [-0.3, -0.25) is 0 Å². The Morgan fingerprint density at radius 2 is 1.29 bits per heavy atom. The van der Waals surface area contributed by atoms with Crippen molar-refractivity contribution in [3.8, 4) is 0 Å². The zero-order valence-electron chi connectivity index (χ0n) is 11.0. The molecule has 0 aromatic heterocycles. The van der Waals surface area contributed by atoms with E-state index in [2.05, 4.69) is 19.1 Å². The van der Waals surface area contributed by atoms with Crippen molar-refractivity contribution in [2.24, 2.45) is 0 Å². The zero-order valence-corrected chi connectivity index (χ0v) is 11.0. The molecule has 0 rings (SSSR count). The molecule has 1 heteroatoms. The third-order valence-corrected chi connectivity index (χ3v) is 2.50. The molecule has 0 aromatic carbocycles. The Hall–Kier alpha value is -1.24. The van der Waals surface area contributed by atoms with Gasteiger partial charge >= 0.3 is 0 Å². The Morgan fingerprint density at radius 3 is 2.00 bits per heavy atom. The summed E-state index contributed by atoms with van der Waals surface area (Å²) < 4.78 is 0. The maximum absolute atomic E-state index is 8.37. The molecule has 96 valence electrons. The van der Waals surface area contributed by atoms with Gasteiger partial charge in [-0.2, -0.15) is 0 Å². The van der Waals surface area contributed by atoms with E-state index in [1.807, 2.05) is 18.2 Å². The van der Waals surface area contributed by atoms with E-state index in [9.17, 15) is 0 Å². The fourth-order valence-corrected chi connectivity index (χ4v) is 1.52. The Labute approximate surface area is 106 Å². The highest BCUT2D eigenvalue weighted by Crippen LogP contribution is 2.07. The molecule has 0 unspecified atom stereocenters. The molecule has 0 atom stereocenters. The predicted octanol–water partition coefficient (Wildman–Crippen LogP) is 5.48. The molecule has 0 spiro atoms. The van der Waals surface area contributed by atoms with Crippen molar-refractivity contribution in [3.63, 3.8) is 0 Å². The molecule has 0 aromatic rings. The minimum Gasteiger partial charge on any atom is -0.516 e. The van der Waals surface area contributed by atoms with Crippen molar-refractivity contribution in [2.45, 2.75) is 51.9 Å². The van der Waals surface area contributed by atoms with Crippen molar-refractivity contribution >= 4 is 0 Å². The lowest BCUT2D eigenvalue weighted by molar-refractivity contribution is 0.474. The lowest BCUT2D eigenvalue weighted by atomic mass is 10.1. The topological polar surface area (TPSA) is 20.2 Å². The number of rotatable bonds is 10. The quantitative estimate of drug-likeness (QED) is 0.301. The molecule has 0 fully saturated rings. The average Bonchev–Trinajstić information content (AvgIpc) is 2.35. The van der Waals surface area contributed by atoms with Crippen LogP contribution in [0.3, 0.4) is 0 Å². The smallest absolute Gasteiger partial charge is 0.0791 e. The van der Waals surface area contributed by atoms with Crippen molar-refractivity contribution < 1.29 is 5.11 Å². The molecule has 0 heterocycles. The first kappa shape index (κ1) is 15.8. The number of hydrogen-bond acceptors (Lipinski definition) is 1. The lowest BCUT2D eigenvalue weighted by Crippen LogP contribution is -1.77. The van der Waals surface area contributed by atoms with Crippen LogP contribution in [0.15, 0.2) is 48.8 Å². The Balaban J connectivity index is 3.30. The van der Waals surface area contributed by atoms with Crippen LogP contribution in [0.5, 0.6) is 0 Å². The summed E-state index contributed by atoms with van der Waals surface area (Å²) in [7, 11) is 0. The molecule has 0 saturated carbocycles. The molecule has 0 radical (unpaired) electrons. The van der Waals surface area contributed by atoms with E-state index in [1.54, 1.807) is 12.2 Å². The normalized spacial score (nSPS) is 12.8. The van der Waals surface area contributed by atoms with Gasteiger partial charge in [0.05, 0.1) is 6.26 Å². The van der Waals surface area contributed by atoms with E-state index in [0.29, 0.717) is 0 Å². The van der Waals surface area contributed by atoms with E-state index in [0.717, 1.165) is 6.26 Å². The van der Waals surface area contributed by atoms with Gasteiger partial charge in [0.1, 0.15) is 0 Å². The summed E-state index contributed by atoms with van der Waals surface area (Å²) in [6.07, 6.45) is 23.9. The zero-order chi connectivity index (χ0) is 12.6. The maximum Gasteiger partial charge on any atom is 0.0791 e. The van der Waals surface area contributed by atoms with Crippen LogP contribution in [0.2, 0.25) is 0 Å². The molecule has 17 heavy (non-hydrogen) atoms. The minimum atomic E-state index is 1.03. The van der Waals surface area contributed by atoms with E-state index < -0.39 is 0 Å². The molecule has 0 amide bonds. The molecule has 1 N–H and O–H groups in total. The van der Waals surface area contributed by atoms with Gasteiger partial charge in [-0.25, -0.2) is 0 Å². The standard InChI is InChI=1S/C16H26O/c1-2-3-4-5-6-7-8-9-10-11-12-13-14-15-16-17/h9-17H,2-8H2,1H3.